The molecule has 5 nitrogen and oxygen atoms in total. The minimum Gasteiger partial charge on any atom is -0.476 e. The van der Waals surface area contributed by atoms with Crippen LogP contribution in [0.5, 0.6) is 0 Å². The lowest BCUT2D eigenvalue weighted by Gasteiger charge is -2.00. The first-order valence-corrected chi connectivity index (χ1v) is 5.67. The number of hydrogen-bond acceptors (Lipinski definition) is 4. The van der Waals surface area contributed by atoms with Crippen molar-refractivity contribution in [2.24, 2.45) is 0 Å². The minimum absolute atomic E-state index is 0.147. The third-order valence-electron chi connectivity index (χ3n) is 2.04. The van der Waals surface area contributed by atoms with Crippen LogP contribution >= 0.6 is 11.8 Å². The molecule has 2 rings (SSSR count). The highest BCUT2D eigenvalue weighted by molar-refractivity contribution is 7.98. The van der Waals surface area contributed by atoms with Crippen LogP contribution < -0.4 is 0 Å². The Bertz CT molecular complexity index is 544. The van der Waals surface area contributed by atoms with Gasteiger partial charge in [0.15, 0.2) is 5.03 Å². The van der Waals surface area contributed by atoms with Gasteiger partial charge in [-0.3, -0.25) is 0 Å². The van der Waals surface area contributed by atoms with Crippen molar-refractivity contribution in [2.45, 2.75) is 10.8 Å². The molecule has 0 atom stereocenters. The van der Waals surface area contributed by atoms with Gasteiger partial charge in [0.25, 0.3) is 0 Å². The highest BCUT2D eigenvalue weighted by atomic mass is 32.2. The van der Waals surface area contributed by atoms with E-state index in [2.05, 4.69) is 15.4 Å². The summed E-state index contributed by atoms with van der Waals surface area (Å²) in [5, 5.41) is 18.5. The molecule has 7 heteroatoms. The van der Waals surface area contributed by atoms with Gasteiger partial charge in [-0.1, -0.05) is 30.0 Å². The van der Waals surface area contributed by atoms with Gasteiger partial charge in [-0.05, 0) is 11.6 Å². The normalized spacial score (nSPS) is 10.4. The molecule has 0 spiro atoms. The van der Waals surface area contributed by atoms with Crippen LogP contribution in [-0.2, 0) is 5.75 Å². The van der Waals surface area contributed by atoms with Crippen molar-refractivity contribution in [1.82, 2.24) is 15.4 Å². The SMILES string of the molecule is O=C(O)c1n[nH]nc1SCc1ccccc1F. The van der Waals surface area contributed by atoms with Crippen molar-refractivity contribution < 1.29 is 14.3 Å². The Hall–Kier alpha value is -1.89. The van der Waals surface area contributed by atoms with Crippen LogP contribution in [0.4, 0.5) is 4.39 Å². The van der Waals surface area contributed by atoms with Crippen molar-refractivity contribution in [1.29, 1.82) is 0 Å². The summed E-state index contributed by atoms with van der Waals surface area (Å²) in [5.74, 6) is -1.17. The largest absolute Gasteiger partial charge is 0.476 e. The lowest BCUT2D eigenvalue weighted by Crippen LogP contribution is -1.98. The Morgan fingerprint density at radius 1 is 1.41 bits per heavy atom. The number of H-pyrrole nitrogens is 1. The standard InChI is InChI=1S/C10H8FN3O2S/c11-7-4-2-1-3-6(7)5-17-9-8(10(15)16)12-14-13-9/h1-4H,5H2,(H,15,16)(H,12,13,14). The number of hydrogen-bond donors (Lipinski definition) is 2. The van der Waals surface area contributed by atoms with E-state index in [1.807, 2.05) is 0 Å². The van der Waals surface area contributed by atoms with Crippen molar-refractivity contribution in [3.05, 3.63) is 41.3 Å². The van der Waals surface area contributed by atoms with Crippen LogP contribution in [0.15, 0.2) is 29.3 Å². The molecule has 1 heterocycles. The molecule has 0 radical (unpaired) electrons. The van der Waals surface area contributed by atoms with E-state index in [4.69, 9.17) is 5.11 Å². The molecule has 0 fully saturated rings. The molecule has 0 amide bonds. The van der Waals surface area contributed by atoms with Crippen LogP contribution in [-0.4, -0.2) is 26.5 Å². The first-order chi connectivity index (χ1) is 8.18. The van der Waals surface area contributed by atoms with E-state index in [-0.39, 0.29) is 16.5 Å². The van der Waals surface area contributed by atoms with Crippen LogP contribution in [0.2, 0.25) is 0 Å². The molecule has 0 aliphatic carbocycles. The van der Waals surface area contributed by atoms with Crippen LogP contribution in [0.1, 0.15) is 16.1 Å². The Morgan fingerprint density at radius 3 is 2.88 bits per heavy atom. The van der Waals surface area contributed by atoms with E-state index in [0.717, 1.165) is 11.8 Å². The van der Waals surface area contributed by atoms with Gasteiger partial charge >= 0.3 is 5.97 Å². The maximum absolute atomic E-state index is 13.3. The van der Waals surface area contributed by atoms with Crippen LogP contribution in [0.3, 0.4) is 0 Å². The first kappa shape index (κ1) is 11.6. The number of carboxylic acids is 1. The number of carbonyl (C=O) groups is 1. The number of nitrogens with zero attached hydrogens (tertiary/aromatic N) is 2. The lowest BCUT2D eigenvalue weighted by atomic mass is 10.2. The smallest absolute Gasteiger partial charge is 0.359 e. The highest BCUT2D eigenvalue weighted by Crippen LogP contribution is 2.23. The quantitative estimate of drug-likeness (QED) is 0.814. The van der Waals surface area contributed by atoms with Crippen molar-refractivity contribution >= 4 is 17.7 Å². The molecule has 1 aromatic carbocycles. The number of halogens is 1. The van der Waals surface area contributed by atoms with Gasteiger partial charge in [0.1, 0.15) is 5.82 Å². The van der Waals surface area contributed by atoms with Crippen molar-refractivity contribution in [2.75, 3.05) is 0 Å². The van der Waals surface area contributed by atoms with Gasteiger partial charge in [0.2, 0.25) is 5.69 Å². The average molecular weight is 253 g/mol. The summed E-state index contributed by atoms with van der Waals surface area (Å²) in [7, 11) is 0. The van der Waals surface area contributed by atoms with Crippen molar-refractivity contribution in [3.8, 4) is 0 Å². The number of rotatable bonds is 4. The molecule has 0 bridgehead atoms. The molecule has 0 aliphatic rings. The maximum atomic E-state index is 13.3. The monoisotopic (exact) mass is 253 g/mol. The topological polar surface area (TPSA) is 78.9 Å². The van der Waals surface area contributed by atoms with Crippen LogP contribution in [0.25, 0.3) is 0 Å². The molecular weight excluding hydrogens is 245 g/mol. The fraction of sp³-hybridized carbons (Fsp3) is 0.100. The zero-order valence-corrected chi connectivity index (χ0v) is 9.37. The molecule has 88 valence electrons. The third kappa shape index (κ3) is 2.62. The molecule has 2 N–H and O–H groups in total. The maximum Gasteiger partial charge on any atom is 0.359 e. The summed E-state index contributed by atoms with van der Waals surface area (Å²) in [6.45, 7) is 0. The summed E-state index contributed by atoms with van der Waals surface area (Å²) in [4.78, 5) is 10.8. The third-order valence-corrected chi connectivity index (χ3v) is 3.05. The van der Waals surface area contributed by atoms with Gasteiger partial charge in [-0.25, -0.2) is 9.18 Å². The van der Waals surface area contributed by atoms with E-state index in [9.17, 15) is 9.18 Å². The van der Waals surface area contributed by atoms with Gasteiger partial charge in [0.05, 0.1) is 0 Å². The zero-order chi connectivity index (χ0) is 12.3. The Balaban J connectivity index is 2.10. The Morgan fingerprint density at radius 2 is 2.18 bits per heavy atom. The van der Waals surface area contributed by atoms with Gasteiger partial charge in [-0.2, -0.15) is 5.21 Å². The fourth-order valence-corrected chi connectivity index (χ4v) is 2.12. The van der Waals surface area contributed by atoms with E-state index in [0.29, 0.717) is 11.3 Å². The second-order valence-corrected chi connectivity index (χ2v) is 4.13. The number of nitrogens with one attached hydrogen (secondary N) is 1. The number of carboxylic acid groups (broad SMARTS) is 1. The fourth-order valence-electron chi connectivity index (χ4n) is 1.22. The molecule has 0 aliphatic heterocycles. The summed E-state index contributed by atoms with van der Waals surface area (Å²) in [5.41, 5.74) is 0.350. The van der Waals surface area contributed by atoms with Crippen molar-refractivity contribution in [3.63, 3.8) is 0 Å². The summed E-state index contributed by atoms with van der Waals surface area (Å²) < 4.78 is 13.3. The number of thioether (sulfide) groups is 1. The van der Waals surface area contributed by atoms with Gasteiger partial charge in [-0.15, -0.1) is 10.2 Å². The molecule has 0 saturated heterocycles. The van der Waals surface area contributed by atoms with Gasteiger partial charge < -0.3 is 5.11 Å². The van der Waals surface area contributed by atoms with E-state index in [1.165, 1.54) is 6.07 Å². The number of benzene rings is 1. The molecule has 17 heavy (non-hydrogen) atoms. The predicted octanol–water partition coefficient (Wildman–Crippen LogP) is 1.93. The highest BCUT2D eigenvalue weighted by Gasteiger charge is 2.15. The average Bonchev–Trinajstić information content (AvgIpc) is 2.76. The Kier molecular flexibility index (Phi) is 3.38. The minimum atomic E-state index is -1.16. The molecule has 2 aromatic rings. The van der Waals surface area contributed by atoms with Gasteiger partial charge in [0, 0.05) is 5.75 Å². The van der Waals surface area contributed by atoms with E-state index >= 15 is 0 Å². The second kappa shape index (κ2) is 4.96. The zero-order valence-electron chi connectivity index (χ0n) is 8.55. The number of aromatic nitrogens is 3. The summed E-state index contributed by atoms with van der Waals surface area (Å²) in [6.07, 6.45) is 0. The molecule has 0 unspecified atom stereocenters. The second-order valence-electron chi connectivity index (χ2n) is 3.16. The summed E-state index contributed by atoms with van der Waals surface area (Å²) >= 11 is 1.12. The van der Waals surface area contributed by atoms with Crippen LogP contribution in [0, 0.1) is 5.82 Å². The lowest BCUT2D eigenvalue weighted by molar-refractivity contribution is 0.0686. The molecule has 0 saturated carbocycles. The first-order valence-electron chi connectivity index (χ1n) is 4.68. The predicted molar refractivity (Wildman–Crippen MR) is 59.3 cm³/mol. The van der Waals surface area contributed by atoms with E-state index in [1.54, 1.807) is 18.2 Å². The Labute approximate surface area is 100 Å². The number of aromatic carboxylic acids is 1. The molecular formula is C10H8FN3O2S. The number of aromatic amines is 1. The summed E-state index contributed by atoms with van der Waals surface area (Å²) in [6, 6.07) is 6.32. The van der Waals surface area contributed by atoms with E-state index < -0.39 is 5.97 Å². The molecule has 1 aromatic heterocycles.